The minimum absolute atomic E-state index is 0.0673. The first-order chi connectivity index (χ1) is 15.6. The van der Waals surface area contributed by atoms with Crippen LogP contribution in [0.4, 0.5) is 0 Å². The number of carboxylic acids is 1. The van der Waals surface area contributed by atoms with E-state index < -0.39 is 52.7 Å². The molecule has 4 atom stereocenters. The average Bonchev–Trinajstić information content (AvgIpc) is 3.30. The molecule has 0 bridgehead atoms. The van der Waals surface area contributed by atoms with E-state index in [1.54, 1.807) is 37.4 Å². The molecular formula is C20H18ClN3O9. The van der Waals surface area contributed by atoms with Crippen LogP contribution >= 0.6 is 11.6 Å². The van der Waals surface area contributed by atoms with Gasteiger partial charge in [-0.05, 0) is 48.6 Å². The van der Waals surface area contributed by atoms with Crippen molar-refractivity contribution in [2.45, 2.75) is 50.1 Å². The van der Waals surface area contributed by atoms with E-state index in [0.717, 1.165) is 5.56 Å². The Morgan fingerprint density at radius 1 is 1.18 bits per heavy atom. The molecule has 33 heavy (non-hydrogen) atoms. The zero-order chi connectivity index (χ0) is 23.9. The smallest absolute Gasteiger partial charge is 0.314 e. The van der Waals surface area contributed by atoms with Crippen LogP contribution in [-0.4, -0.2) is 38.4 Å². The van der Waals surface area contributed by atoms with Gasteiger partial charge in [-0.15, -0.1) is 20.2 Å². The predicted molar refractivity (Wildman–Crippen MR) is 109 cm³/mol. The van der Waals surface area contributed by atoms with Crippen LogP contribution in [0.1, 0.15) is 46.9 Å². The lowest BCUT2D eigenvalue weighted by atomic mass is 9.74. The SMILES string of the molecule is Cc1ncc2c(c1C1(C(=O)O)C[C@H](O[N+](=O)[O-])[C@H](O[N+](=O)[O-])C1)CO[C@H]2c1ccc(Cl)cc1. The Kier molecular flexibility index (Phi) is 5.80. The summed E-state index contributed by atoms with van der Waals surface area (Å²) in [5, 5.41) is 30.5. The molecule has 2 heterocycles. The number of halogens is 1. The largest absolute Gasteiger partial charge is 0.481 e. The van der Waals surface area contributed by atoms with E-state index >= 15 is 0 Å². The molecule has 1 saturated carbocycles. The maximum Gasteiger partial charge on any atom is 0.314 e. The molecule has 1 fully saturated rings. The molecule has 0 radical (unpaired) electrons. The van der Waals surface area contributed by atoms with Gasteiger partial charge in [0, 0.05) is 22.5 Å². The molecule has 174 valence electrons. The molecule has 1 unspecified atom stereocenters. The van der Waals surface area contributed by atoms with Gasteiger partial charge in [-0.25, -0.2) is 0 Å². The van der Waals surface area contributed by atoms with Crippen molar-refractivity contribution >= 4 is 17.6 Å². The lowest BCUT2D eigenvalue weighted by Gasteiger charge is -2.28. The minimum atomic E-state index is -1.76. The maximum absolute atomic E-state index is 12.6. The summed E-state index contributed by atoms with van der Waals surface area (Å²) in [4.78, 5) is 48.0. The molecule has 0 spiro atoms. The summed E-state index contributed by atoms with van der Waals surface area (Å²) in [6.45, 7) is 1.68. The fourth-order valence-electron chi connectivity index (χ4n) is 4.81. The summed E-state index contributed by atoms with van der Waals surface area (Å²) in [6, 6.07) is 6.98. The Labute approximate surface area is 191 Å². The third-order valence-corrected chi connectivity index (χ3v) is 6.36. The number of fused-ring (bicyclic) bond motifs is 1. The number of aliphatic carboxylic acids is 1. The van der Waals surface area contributed by atoms with Gasteiger partial charge in [0.25, 0.3) is 10.2 Å². The first kappa shape index (κ1) is 22.7. The highest BCUT2D eigenvalue weighted by molar-refractivity contribution is 6.30. The normalized spacial score (nSPS) is 25.9. The highest BCUT2D eigenvalue weighted by Crippen LogP contribution is 2.49. The second-order valence-corrected chi connectivity index (χ2v) is 8.36. The Morgan fingerprint density at radius 2 is 1.76 bits per heavy atom. The Hall–Kier alpha value is -3.51. The lowest BCUT2D eigenvalue weighted by molar-refractivity contribution is -0.797. The van der Waals surface area contributed by atoms with E-state index in [9.17, 15) is 30.1 Å². The third-order valence-electron chi connectivity index (χ3n) is 6.10. The van der Waals surface area contributed by atoms with Gasteiger partial charge in [0.2, 0.25) is 0 Å². The van der Waals surface area contributed by atoms with Crippen LogP contribution in [0, 0.1) is 27.2 Å². The van der Waals surface area contributed by atoms with Crippen molar-refractivity contribution in [2.75, 3.05) is 0 Å². The van der Waals surface area contributed by atoms with Gasteiger partial charge in [0.1, 0.15) is 18.3 Å². The van der Waals surface area contributed by atoms with E-state index in [1.807, 2.05) is 0 Å². The fraction of sp³-hybridized carbons (Fsp3) is 0.400. The number of carbonyl (C=O) groups is 1. The van der Waals surface area contributed by atoms with Crippen LogP contribution in [0.25, 0.3) is 0 Å². The van der Waals surface area contributed by atoms with Crippen LogP contribution in [0.15, 0.2) is 30.5 Å². The van der Waals surface area contributed by atoms with Crippen molar-refractivity contribution in [1.29, 1.82) is 0 Å². The zero-order valence-electron chi connectivity index (χ0n) is 17.2. The van der Waals surface area contributed by atoms with Crippen molar-refractivity contribution < 1.29 is 34.5 Å². The van der Waals surface area contributed by atoms with Crippen LogP contribution in [0.5, 0.6) is 0 Å². The van der Waals surface area contributed by atoms with E-state index in [0.29, 0.717) is 27.4 Å². The van der Waals surface area contributed by atoms with Gasteiger partial charge < -0.3 is 19.5 Å². The van der Waals surface area contributed by atoms with Crippen molar-refractivity contribution in [3.8, 4) is 0 Å². The highest BCUT2D eigenvalue weighted by Gasteiger charge is 2.57. The monoisotopic (exact) mass is 479 g/mol. The van der Waals surface area contributed by atoms with E-state index in [-0.39, 0.29) is 6.61 Å². The number of hydrogen-bond donors (Lipinski definition) is 1. The quantitative estimate of drug-likeness (QED) is 0.461. The van der Waals surface area contributed by atoms with E-state index in [1.165, 1.54) is 0 Å². The minimum Gasteiger partial charge on any atom is -0.481 e. The molecule has 2 aromatic rings. The maximum atomic E-state index is 12.6. The molecule has 1 aliphatic carbocycles. The van der Waals surface area contributed by atoms with Gasteiger partial charge >= 0.3 is 5.97 Å². The summed E-state index contributed by atoms with van der Waals surface area (Å²) in [5.41, 5.74) is 0.917. The molecule has 1 aromatic carbocycles. The molecule has 1 aromatic heterocycles. The van der Waals surface area contributed by atoms with E-state index in [4.69, 9.17) is 16.3 Å². The van der Waals surface area contributed by atoms with Crippen molar-refractivity contribution in [2.24, 2.45) is 0 Å². The Morgan fingerprint density at radius 3 is 2.27 bits per heavy atom. The predicted octanol–water partition coefficient (Wildman–Crippen LogP) is 2.93. The summed E-state index contributed by atoms with van der Waals surface area (Å²) in [6.07, 6.45) is -2.65. The fourth-order valence-corrected chi connectivity index (χ4v) is 4.93. The number of rotatable bonds is 7. The summed E-state index contributed by atoms with van der Waals surface area (Å²) in [5.74, 6) is -1.32. The van der Waals surface area contributed by atoms with Gasteiger partial charge in [-0.1, -0.05) is 23.7 Å². The molecular weight excluding hydrogens is 462 g/mol. The topological polar surface area (TPSA) is 164 Å². The van der Waals surface area contributed by atoms with Gasteiger partial charge in [0.15, 0.2) is 0 Å². The molecule has 0 saturated heterocycles. The van der Waals surface area contributed by atoms with Crippen molar-refractivity contribution in [1.82, 2.24) is 4.98 Å². The number of aryl methyl sites for hydroxylation is 1. The van der Waals surface area contributed by atoms with Gasteiger partial charge in [-0.3, -0.25) is 9.78 Å². The number of benzene rings is 1. The number of ether oxygens (including phenoxy) is 1. The second kappa shape index (κ2) is 8.45. The lowest BCUT2D eigenvalue weighted by Crippen LogP contribution is -2.36. The highest BCUT2D eigenvalue weighted by atomic mass is 35.5. The standard InChI is InChI=1S/C20H18ClN3O9/c1-10-17(14-9-31-18(13(14)8-22-10)11-2-4-12(21)5-3-11)20(19(25)26)6-15(32-23(27)28)16(7-20)33-24(29)30/h2-5,8,15-16,18H,6-7,9H2,1H3,(H,25,26)/t15-,16+,18-,20?/m0/s1. The molecule has 1 aliphatic heterocycles. The average molecular weight is 480 g/mol. The number of pyridine rings is 1. The number of nitrogens with zero attached hydrogens (tertiary/aromatic N) is 3. The van der Waals surface area contributed by atoms with Gasteiger partial charge in [-0.2, -0.15) is 0 Å². The third kappa shape index (κ3) is 4.02. The molecule has 12 nitrogen and oxygen atoms in total. The summed E-state index contributed by atoms with van der Waals surface area (Å²) in [7, 11) is 0. The summed E-state index contributed by atoms with van der Waals surface area (Å²) < 4.78 is 5.96. The first-order valence-corrected chi connectivity index (χ1v) is 10.2. The zero-order valence-corrected chi connectivity index (χ0v) is 17.9. The van der Waals surface area contributed by atoms with Crippen LogP contribution in [0.2, 0.25) is 5.02 Å². The molecule has 13 heteroatoms. The van der Waals surface area contributed by atoms with Crippen LogP contribution in [0.3, 0.4) is 0 Å². The van der Waals surface area contributed by atoms with Crippen LogP contribution < -0.4 is 0 Å². The number of aromatic nitrogens is 1. The Balaban J connectivity index is 1.81. The molecule has 4 rings (SSSR count). The second-order valence-electron chi connectivity index (χ2n) is 7.93. The van der Waals surface area contributed by atoms with Crippen LogP contribution in [-0.2, 0) is 31.2 Å². The summed E-state index contributed by atoms with van der Waals surface area (Å²) >= 11 is 5.97. The van der Waals surface area contributed by atoms with Gasteiger partial charge in [0.05, 0.1) is 12.0 Å². The first-order valence-electron chi connectivity index (χ1n) is 9.84. The van der Waals surface area contributed by atoms with E-state index in [2.05, 4.69) is 14.7 Å². The number of carboxylic acid groups (broad SMARTS) is 1. The van der Waals surface area contributed by atoms with Crippen molar-refractivity contribution in [3.05, 3.63) is 83.7 Å². The van der Waals surface area contributed by atoms with Crippen molar-refractivity contribution in [3.63, 3.8) is 0 Å². The molecule has 0 amide bonds. The molecule has 1 N–H and O–H groups in total. The number of hydrogen-bond acceptors (Lipinski definition) is 9. The molecule has 2 aliphatic rings. The Bertz CT molecular complexity index is 1100.